The van der Waals surface area contributed by atoms with Crippen LogP contribution in [0.25, 0.3) is 5.69 Å². The van der Waals surface area contributed by atoms with Crippen LogP contribution in [0.1, 0.15) is 10.4 Å². The van der Waals surface area contributed by atoms with Crippen molar-refractivity contribution in [3.05, 3.63) is 78.6 Å². The fraction of sp³-hybridized carbons (Fsp3) is 0.0556. The molecular formula is C18H14F2N2O2. The Labute approximate surface area is 137 Å². The number of carbonyl (C=O) groups excluding carboxylic acids is 1. The zero-order valence-electron chi connectivity index (χ0n) is 12.5. The summed E-state index contributed by atoms with van der Waals surface area (Å²) >= 11 is 0. The minimum atomic E-state index is -2.96. The van der Waals surface area contributed by atoms with Gasteiger partial charge >= 0.3 is 6.61 Å². The maximum absolute atomic E-state index is 12.4. The summed E-state index contributed by atoms with van der Waals surface area (Å²) in [4.78, 5) is 12.4. The number of carbonyl (C=O) groups is 1. The monoisotopic (exact) mass is 328 g/mol. The van der Waals surface area contributed by atoms with Crippen LogP contribution >= 0.6 is 0 Å². The molecule has 0 spiro atoms. The molecule has 0 atom stereocenters. The first-order valence-electron chi connectivity index (χ1n) is 7.22. The van der Waals surface area contributed by atoms with Gasteiger partial charge in [-0.3, -0.25) is 4.79 Å². The average molecular weight is 328 g/mol. The fourth-order valence-corrected chi connectivity index (χ4v) is 2.28. The number of rotatable bonds is 5. The summed E-state index contributed by atoms with van der Waals surface area (Å²) in [5.41, 5.74) is 1.42. The van der Waals surface area contributed by atoms with Crippen LogP contribution in [-0.4, -0.2) is 17.1 Å². The van der Waals surface area contributed by atoms with E-state index in [-0.39, 0.29) is 11.4 Å². The van der Waals surface area contributed by atoms with Crippen molar-refractivity contribution in [3.63, 3.8) is 0 Å². The highest BCUT2D eigenvalue weighted by Gasteiger charge is 2.13. The number of anilines is 1. The van der Waals surface area contributed by atoms with E-state index in [1.807, 2.05) is 35.2 Å². The minimum Gasteiger partial charge on any atom is -0.433 e. The SMILES string of the molecule is O=C(Nc1ccccc1OC(F)F)c1cccc(-n2cccc2)c1. The highest BCUT2D eigenvalue weighted by atomic mass is 19.3. The second-order valence-corrected chi connectivity index (χ2v) is 4.97. The second-order valence-electron chi connectivity index (χ2n) is 4.97. The van der Waals surface area contributed by atoms with Crippen LogP contribution in [0.2, 0.25) is 0 Å². The van der Waals surface area contributed by atoms with Crippen LogP contribution in [0.3, 0.4) is 0 Å². The number of para-hydroxylation sites is 2. The third-order valence-electron chi connectivity index (χ3n) is 3.36. The van der Waals surface area contributed by atoms with E-state index in [1.54, 1.807) is 30.3 Å². The fourth-order valence-electron chi connectivity index (χ4n) is 2.28. The molecule has 4 nitrogen and oxygen atoms in total. The molecule has 2 aromatic carbocycles. The summed E-state index contributed by atoms with van der Waals surface area (Å²) in [5, 5.41) is 2.60. The van der Waals surface area contributed by atoms with Gasteiger partial charge in [0.1, 0.15) is 5.75 Å². The summed E-state index contributed by atoms with van der Waals surface area (Å²) in [5.74, 6) is -0.489. The molecule has 24 heavy (non-hydrogen) atoms. The van der Waals surface area contributed by atoms with E-state index >= 15 is 0 Å². The van der Waals surface area contributed by atoms with E-state index in [0.717, 1.165) is 5.69 Å². The Balaban J connectivity index is 1.82. The summed E-state index contributed by atoms with van der Waals surface area (Å²) in [6.07, 6.45) is 3.73. The molecule has 3 rings (SSSR count). The van der Waals surface area contributed by atoms with Crippen molar-refractivity contribution in [2.75, 3.05) is 5.32 Å². The van der Waals surface area contributed by atoms with E-state index in [0.29, 0.717) is 5.56 Å². The number of hydrogen-bond donors (Lipinski definition) is 1. The Kier molecular flexibility index (Phi) is 4.56. The van der Waals surface area contributed by atoms with Gasteiger partial charge in [0.25, 0.3) is 5.91 Å². The molecule has 0 aliphatic rings. The molecule has 0 fully saturated rings. The highest BCUT2D eigenvalue weighted by molar-refractivity contribution is 6.05. The minimum absolute atomic E-state index is 0.0811. The largest absolute Gasteiger partial charge is 0.433 e. The number of nitrogens with zero attached hydrogens (tertiary/aromatic N) is 1. The quantitative estimate of drug-likeness (QED) is 0.757. The highest BCUT2D eigenvalue weighted by Crippen LogP contribution is 2.26. The van der Waals surface area contributed by atoms with E-state index in [9.17, 15) is 13.6 Å². The van der Waals surface area contributed by atoms with Crippen LogP contribution in [0, 0.1) is 0 Å². The number of benzene rings is 2. The summed E-state index contributed by atoms with van der Waals surface area (Å²) in [6, 6.07) is 16.8. The predicted octanol–water partition coefficient (Wildman–Crippen LogP) is 4.33. The lowest BCUT2D eigenvalue weighted by Crippen LogP contribution is -2.14. The molecule has 1 heterocycles. The van der Waals surface area contributed by atoms with Crippen LogP contribution in [0.15, 0.2) is 73.1 Å². The number of aromatic nitrogens is 1. The molecule has 0 saturated heterocycles. The molecule has 0 saturated carbocycles. The van der Waals surface area contributed by atoms with Crippen molar-refractivity contribution in [3.8, 4) is 11.4 Å². The van der Waals surface area contributed by atoms with Crippen molar-refractivity contribution < 1.29 is 18.3 Å². The van der Waals surface area contributed by atoms with Gasteiger partial charge in [0.15, 0.2) is 0 Å². The van der Waals surface area contributed by atoms with Gasteiger partial charge in [-0.05, 0) is 42.5 Å². The van der Waals surface area contributed by atoms with Crippen molar-refractivity contribution in [2.24, 2.45) is 0 Å². The molecule has 0 radical (unpaired) electrons. The van der Waals surface area contributed by atoms with Crippen LogP contribution in [0.5, 0.6) is 5.75 Å². The average Bonchev–Trinajstić information content (AvgIpc) is 3.11. The van der Waals surface area contributed by atoms with Gasteiger partial charge in [-0.2, -0.15) is 8.78 Å². The van der Waals surface area contributed by atoms with Crippen molar-refractivity contribution in [2.45, 2.75) is 6.61 Å². The van der Waals surface area contributed by atoms with Gasteiger partial charge in [0, 0.05) is 23.6 Å². The first-order chi connectivity index (χ1) is 11.6. The lowest BCUT2D eigenvalue weighted by atomic mass is 10.1. The smallest absolute Gasteiger partial charge is 0.387 e. The number of amides is 1. The summed E-state index contributed by atoms with van der Waals surface area (Å²) in [7, 11) is 0. The first-order valence-corrected chi connectivity index (χ1v) is 7.22. The molecule has 1 amide bonds. The van der Waals surface area contributed by atoms with Gasteiger partial charge in [0.2, 0.25) is 0 Å². The third kappa shape index (κ3) is 3.60. The molecule has 1 N–H and O–H groups in total. The number of hydrogen-bond acceptors (Lipinski definition) is 2. The number of alkyl halides is 2. The summed E-state index contributed by atoms with van der Waals surface area (Å²) in [6.45, 7) is -2.96. The van der Waals surface area contributed by atoms with Crippen molar-refractivity contribution in [1.29, 1.82) is 0 Å². The molecule has 122 valence electrons. The maximum Gasteiger partial charge on any atom is 0.387 e. The lowest BCUT2D eigenvalue weighted by molar-refractivity contribution is -0.0493. The number of ether oxygens (including phenoxy) is 1. The molecule has 6 heteroatoms. The summed E-state index contributed by atoms with van der Waals surface area (Å²) < 4.78 is 31.1. The predicted molar refractivity (Wildman–Crippen MR) is 86.8 cm³/mol. The van der Waals surface area contributed by atoms with Gasteiger partial charge in [-0.1, -0.05) is 18.2 Å². The van der Waals surface area contributed by atoms with Crippen molar-refractivity contribution >= 4 is 11.6 Å². The van der Waals surface area contributed by atoms with Gasteiger partial charge in [-0.15, -0.1) is 0 Å². The third-order valence-corrected chi connectivity index (χ3v) is 3.36. The molecule has 0 aliphatic heterocycles. The van der Waals surface area contributed by atoms with Crippen molar-refractivity contribution in [1.82, 2.24) is 4.57 Å². The first kappa shape index (κ1) is 15.7. The zero-order valence-corrected chi connectivity index (χ0v) is 12.5. The normalized spacial score (nSPS) is 10.6. The topological polar surface area (TPSA) is 43.3 Å². The van der Waals surface area contributed by atoms with E-state index in [1.165, 1.54) is 12.1 Å². The maximum atomic E-state index is 12.4. The Morgan fingerprint density at radius 3 is 2.50 bits per heavy atom. The second kappa shape index (κ2) is 6.95. The van der Waals surface area contributed by atoms with Crippen LogP contribution in [-0.2, 0) is 0 Å². The molecular weight excluding hydrogens is 314 g/mol. The van der Waals surface area contributed by atoms with E-state index in [2.05, 4.69) is 10.1 Å². The Bertz CT molecular complexity index is 833. The van der Waals surface area contributed by atoms with E-state index < -0.39 is 12.5 Å². The van der Waals surface area contributed by atoms with Gasteiger partial charge in [0.05, 0.1) is 5.69 Å². The molecule has 0 unspecified atom stereocenters. The zero-order chi connectivity index (χ0) is 16.9. The Hall–Kier alpha value is -3.15. The van der Waals surface area contributed by atoms with E-state index in [4.69, 9.17) is 0 Å². The van der Waals surface area contributed by atoms with Gasteiger partial charge in [-0.25, -0.2) is 0 Å². The Morgan fingerprint density at radius 2 is 1.75 bits per heavy atom. The Morgan fingerprint density at radius 1 is 1.00 bits per heavy atom. The standard InChI is InChI=1S/C18H14F2N2O2/c19-18(20)24-16-9-2-1-8-15(16)21-17(23)13-6-5-7-14(12-13)22-10-3-4-11-22/h1-12,18H,(H,21,23). The molecule has 0 aliphatic carbocycles. The number of nitrogens with one attached hydrogen (secondary N) is 1. The van der Waals surface area contributed by atoms with Crippen LogP contribution < -0.4 is 10.1 Å². The number of halogens is 2. The molecule has 3 aromatic rings. The molecule has 1 aromatic heterocycles. The van der Waals surface area contributed by atoms with Gasteiger partial charge < -0.3 is 14.6 Å². The van der Waals surface area contributed by atoms with Crippen LogP contribution in [0.4, 0.5) is 14.5 Å². The molecule has 0 bridgehead atoms. The lowest BCUT2D eigenvalue weighted by Gasteiger charge is -2.12.